The summed E-state index contributed by atoms with van der Waals surface area (Å²) in [7, 11) is 0. The fraction of sp³-hybridized carbons (Fsp3) is 0.455. The first-order valence-electron chi connectivity index (χ1n) is 4.72. The monoisotopic (exact) mass is 214 g/mol. The molecule has 0 heterocycles. The Morgan fingerprint density at radius 3 is 2.79 bits per heavy atom. The Labute approximate surface area is 87.8 Å². The molecule has 0 spiro atoms. The molecule has 0 aromatic heterocycles. The van der Waals surface area contributed by atoms with E-state index in [1.165, 1.54) is 12.1 Å². The molecule has 0 radical (unpaired) electrons. The van der Waals surface area contributed by atoms with Crippen LogP contribution < -0.4 is 4.74 Å². The molecule has 0 saturated heterocycles. The van der Waals surface area contributed by atoms with Gasteiger partial charge in [-0.25, -0.2) is 4.39 Å². The molecule has 0 amide bonds. The van der Waals surface area contributed by atoms with Gasteiger partial charge in [-0.2, -0.15) is 0 Å². The topological polar surface area (TPSA) is 9.23 Å². The summed E-state index contributed by atoms with van der Waals surface area (Å²) in [5.41, 5.74) is 0.962. The highest BCUT2D eigenvalue weighted by molar-refractivity contribution is 6.21. The third-order valence-electron chi connectivity index (χ3n) is 2.48. The van der Waals surface area contributed by atoms with Crippen molar-refractivity contribution in [1.82, 2.24) is 0 Å². The van der Waals surface area contributed by atoms with E-state index in [-0.39, 0.29) is 17.3 Å². The summed E-state index contributed by atoms with van der Waals surface area (Å²) in [6, 6.07) is 4.59. The summed E-state index contributed by atoms with van der Waals surface area (Å²) in [5, 5.41) is 0.230. The summed E-state index contributed by atoms with van der Waals surface area (Å²) in [6.07, 6.45) is 1.88. The average molecular weight is 215 g/mol. The lowest BCUT2D eigenvalue weighted by Crippen LogP contribution is -2.34. The van der Waals surface area contributed by atoms with Crippen molar-refractivity contribution in [3.05, 3.63) is 29.6 Å². The Bertz CT molecular complexity index is 334. The molecule has 1 aliphatic rings. The largest absolute Gasteiger partial charge is 0.490 e. The maximum absolute atomic E-state index is 12.9. The standard InChI is InChI=1S/C11H12ClFO/c1-7-2-3-9(13)6-11(7)14-10-4-8(12)5-10/h2-3,6,8,10H,4-5H2,1H3. The van der Waals surface area contributed by atoms with Gasteiger partial charge in [0, 0.05) is 24.3 Å². The third-order valence-corrected chi connectivity index (χ3v) is 2.84. The van der Waals surface area contributed by atoms with Gasteiger partial charge in [-0.15, -0.1) is 11.6 Å². The molecule has 3 heteroatoms. The van der Waals surface area contributed by atoms with Gasteiger partial charge in [0.05, 0.1) is 0 Å². The number of rotatable bonds is 2. The van der Waals surface area contributed by atoms with Crippen molar-refractivity contribution in [3.8, 4) is 5.75 Å². The number of alkyl halides is 1. The molecule has 0 N–H and O–H groups in total. The lowest BCUT2D eigenvalue weighted by atomic mass is 9.95. The van der Waals surface area contributed by atoms with Gasteiger partial charge in [-0.1, -0.05) is 6.07 Å². The quantitative estimate of drug-likeness (QED) is 0.687. The molecule has 0 unspecified atom stereocenters. The van der Waals surface area contributed by atoms with Crippen LogP contribution in [0.3, 0.4) is 0 Å². The van der Waals surface area contributed by atoms with Crippen LogP contribution in [0.5, 0.6) is 5.75 Å². The molecule has 1 saturated carbocycles. The van der Waals surface area contributed by atoms with Gasteiger partial charge < -0.3 is 4.74 Å². The molecule has 1 aromatic carbocycles. The van der Waals surface area contributed by atoms with Crippen LogP contribution >= 0.6 is 11.6 Å². The van der Waals surface area contributed by atoms with Gasteiger partial charge in [0.2, 0.25) is 0 Å². The molecular formula is C11H12ClFO. The van der Waals surface area contributed by atoms with E-state index in [4.69, 9.17) is 16.3 Å². The highest BCUT2D eigenvalue weighted by Gasteiger charge is 2.29. The van der Waals surface area contributed by atoms with Crippen LogP contribution in [0.2, 0.25) is 0 Å². The Morgan fingerprint density at radius 2 is 2.14 bits per heavy atom. The summed E-state index contributed by atoms with van der Waals surface area (Å²) < 4.78 is 18.5. The first-order chi connectivity index (χ1) is 6.65. The molecule has 0 aliphatic heterocycles. The zero-order chi connectivity index (χ0) is 10.1. The Balaban J connectivity index is 2.05. The van der Waals surface area contributed by atoms with Crippen LogP contribution in [0.1, 0.15) is 18.4 Å². The zero-order valence-corrected chi connectivity index (χ0v) is 8.72. The number of aryl methyl sites for hydroxylation is 1. The van der Waals surface area contributed by atoms with E-state index in [1.54, 1.807) is 6.07 Å². The number of benzene rings is 1. The molecule has 0 bridgehead atoms. The van der Waals surface area contributed by atoms with Gasteiger partial charge in [0.25, 0.3) is 0 Å². The number of hydrogen-bond donors (Lipinski definition) is 0. The minimum absolute atomic E-state index is 0.165. The van der Waals surface area contributed by atoms with Gasteiger partial charge >= 0.3 is 0 Å². The van der Waals surface area contributed by atoms with E-state index in [1.807, 2.05) is 6.92 Å². The molecule has 0 atom stereocenters. The molecular weight excluding hydrogens is 203 g/mol. The fourth-order valence-corrected chi connectivity index (χ4v) is 1.88. The maximum Gasteiger partial charge on any atom is 0.126 e. The smallest absolute Gasteiger partial charge is 0.126 e. The first-order valence-corrected chi connectivity index (χ1v) is 5.15. The summed E-state index contributed by atoms with van der Waals surface area (Å²) in [5.74, 6) is 0.380. The zero-order valence-electron chi connectivity index (χ0n) is 7.97. The average Bonchev–Trinajstić information content (AvgIpc) is 2.09. The van der Waals surface area contributed by atoms with Crippen LogP contribution in [0.15, 0.2) is 18.2 Å². The van der Waals surface area contributed by atoms with E-state index >= 15 is 0 Å². The van der Waals surface area contributed by atoms with E-state index in [0.29, 0.717) is 5.75 Å². The normalized spacial score (nSPS) is 25.6. The van der Waals surface area contributed by atoms with Gasteiger partial charge in [0.1, 0.15) is 17.7 Å². The Kier molecular flexibility index (Phi) is 2.64. The summed E-state index contributed by atoms with van der Waals surface area (Å²) in [4.78, 5) is 0. The lowest BCUT2D eigenvalue weighted by molar-refractivity contribution is 0.123. The predicted molar refractivity (Wildman–Crippen MR) is 54.4 cm³/mol. The maximum atomic E-state index is 12.9. The first kappa shape index (κ1) is 9.78. The van der Waals surface area contributed by atoms with Crippen molar-refractivity contribution in [2.75, 3.05) is 0 Å². The SMILES string of the molecule is Cc1ccc(F)cc1OC1CC(Cl)C1. The van der Waals surface area contributed by atoms with E-state index in [0.717, 1.165) is 18.4 Å². The third kappa shape index (κ3) is 2.01. The Hall–Kier alpha value is -0.760. The second-order valence-corrected chi connectivity index (χ2v) is 4.34. The molecule has 1 aliphatic carbocycles. The van der Waals surface area contributed by atoms with Crippen LogP contribution in [0.25, 0.3) is 0 Å². The number of ether oxygens (including phenoxy) is 1. The highest BCUT2D eigenvalue weighted by atomic mass is 35.5. The molecule has 76 valence electrons. The summed E-state index contributed by atoms with van der Waals surface area (Å²) in [6.45, 7) is 1.91. The van der Waals surface area contributed by atoms with Crippen molar-refractivity contribution in [3.63, 3.8) is 0 Å². The Morgan fingerprint density at radius 1 is 1.43 bits per heavy atom. The van der Waals surface area contributed by atoms with Crippen LogP contribution in [-0.2, 0) is 0 Å². The van der Waals surface area contributed by atoms with Crippen molar-refractivity contribution in [2.45, 2.75) is 31.2 Å². The second-order valence-electron chi connectivity index (χ2n) is 3.72. The van der Waals surface area contributed by atoms with Crippen LogP contribution in [0.4, 0.5) is 4.39 Å². The number of hydrogen-bond acceptors (Lipinski definition) is 1. The summed E-state index contributed by atoms with van der Waals surface area (Å²) >= 11 is 5.83. The van der Waals surface area contributed by atoms with Crippen molar-refractivity contribution in [1.29, 1.82) is 0 Å². The second kappa shape index (κ2) is 3.77. The molecule has 2 rings (SSSR count). The van der Waals surface area contributed by atoms with Crippen LogP contribution in [-0.4, -0.2) is 11.5 Å². The molecule has 1 fully saturated rings. The molecule has 1 aromatic rings. The van der Waals surface area contributed by atoms with Crippen molar-refractivity contribution < 1.29 is 9.13 Å². The minimum atomic E-state index is -0.257. The van der Waals surface area contributed by atoms with E-state index in [9.17, 15) is 4.39 Å². The van der Waals surface area contributed by atoms with Crippen molar-refractivity contribution >= 4 is 11.6 Å². The van der Waals surface area contributed by atoms with Gasteiger partial charge in [-0.05, 0) is 18.6 Å². The van der Waals surface area contributed by atoms with Gasteiger partial charge in [0.15, 0.2) is 0 Å². The fourth-order valence-electron chi connectivity index (χ4n) is 1.48. The van der Waals surface area contributed by atoms with Gasteiger partial charge in [-0.3, -0.25) is 0 Å². The lowest BCUT2D eigenvalue weighted by Gasteiger charge is -2.31. The predicted octanol–water partition coefficient (Wildman–Crippen LogP) is 3.28. The van der Waals surface area contributed by atoms with Crippen molar-refractivity contribution in [2.24, 2.45) is 0 Å². The highest BCUT2D eigenvalue weighted by Crippen LogP contribution is 2.31. The number of halogens is 2. The van der Waals surface area contributed by atoms with Crippen LogP contribution in [0, 0.1) is 12.7 Å². The molecule has 1 nitrogen and oxygen atoms in total. The minimum Gasteiger partial charge on any atom is -0.490 e. The van der Waals surface area contributed by atoms with E-state index < -0.39 is 0 Å². The van der Waals surface area contributed by atoms with E-state index in [2.05, 4.69) is 0 Å². The molecule has 14 heavy (non-hydrogen) atoms.